The lowest BCUT2D eigenvalue weighted by molar-refractivity contribution is 0.0912. The molecule has 0 heterocycles. The fourth-order valence-corrected chi connectivity index (χ4v) is 0.353. The van der Waals surface area contributed by atoms with Crippen LogP contribution in [0.4, 0.5) is 8.78 Å². The summed E-state index contributed by atoms with van der Waals surface area (Å²) in [4.78, 5) is -1.95. The SMILES string of the molecule is N=C(N)C(F)(F)C(Cl)Cl. The first-order valence-electron chi connectivity index (χ1n) is 1.89. The van der Waals surface area contributed by atoms with Gasteiger partial charge in [0.1, 0.15) is 0 Å². The maximum absolute atomic E-state index is 12.1. The standard InChI is InChI=1S/C3H4Cl2F2N2/c4-1(5)3(6,7)2(8)9/h1H,(H3,8,9). The van der Waals surface area contributed by atoms with Crippen LogP contribution in [0.15, 0.2) is 0 Å². The fraction of sp³-hybridized carbons (Fsp3) is 0.667. The Bertz CT molecular complexity index is 125. The van der Waals surface area contributed by atoms with Gasteiger partial charge in [0.25, 0.3) is 0 Å². The minimum Gasteiger partial charge on any atom is -0.383 e. The molecule has 0 bridgehead atoms. The lowest BCUT2D eigenvalue weighted by Crippen LogP contribution is -2.40. The van der Waals surface area contributed by atoms with Gasteiger partial charge in [-0.05, 0) is 0 Å². The predicted molar refractivity (Wildman–Crippen MR) is 32.4 cm³/mol. The molecule has 6 heteroatoms. The normalized spacial score (nSPS) is 12.1. The molecular weight excluding hydrogens is 173 g/mol. The number of alkyl halides is 4. The predicted octanol–water partition coefficient (Wildman–Crippen LogP) is 1.36. The number of halogens is 4. The van der Waals surface area contributed by atoms with E-state index in [1.807, 2.05) is 0 Å². The van der Waals surface area contributed by atoms with Gasteiger partial charge in [0.15, 0.2) is 10.7 Å². The maximum Gasteiger partial charge on any atom is 0.332 e. The van der Waals surface area contributed by atoms with E-state index in [9.17, 15) is 8.78 Å². The summed E-state index contributed by atoms with van der Waals surface area (Å²) in [6.45, 7) is 0. The molecule has 3 N–H and O–H groups in total. The van der Waals surface area contributed by atoms with Gasteiger partial charge in [-0.25, -0.2) is 0 Å². The minimum absolute atomic E-state index is 1.32. The minimum atomic E-state index is -3.61. The van der Waals surface area contributed by atoms with Crippen LogP contribution in [-0.4, -0.2) is 16.6 Å². The highest BCUT2D eigenvalue weighted by Crippen LogP contribution is 2.25. The fourth-order valence-electron chi connectivity index (χ4n) is 0.118. The molecule has 54 valence electrons. The Labute approximate surface area is 60.4 Å². The molecule has 0 aromatic heterocycles. The van der Waals surface area contributed by atoms with Gasteiger partial charge in [0.2, 0.25) is 0 Å². The van der Waals surface area contributed by atoms with E-state index in [2.05, 4.69) is 5.73 Å². The average molecular weight is 177 g/mol. The lowest BCUT2D eigenvalue weighted by atomic mass is 10.3. The van der Waals surface area contributed by atoms with Gasteiger partial charge in [-0.1, -0.05) is 23.2 Å². The molecule has 0 radical (unpaired) electrons. The second-order valence-electron chi connectivity index (χ2n) is 1.34. The molecule has 9 heavy (non-hydrogen) atoms. The summed E-state index contributed by atoms with van der Waals surface area (Å²) in [6, 6.07) is 0. The Kier molecular flexibility index (Phi) is 2.64. The first kappa shape index (κ1) is 8.91. The summed E-state index contributed by atoms with van der Waals surface area (Å²) in [6.07, 6.45) is 0. The van der Waals surface area contributed by atoms with Crippen molar-refractivity contribution in [2.75, 3.05) is 0 Å². The van der Waals surface area contributed by atoms with E-state index in [1.54, 1.807) is 0 Å². The van der Waals surface area contributed by atoms with Crippen molar-refractivity contribution in [2.24, 2.45) is 5.73 Å². The third-order valence-electron chi connectivity index (χ3n) is 0.633. The van der Waals surface area contributed by atoms with Crippen LogP contribution in [0, 0.1) is 5.41 Å². The van der Waals surface area contributed by atoms with Crippen molar-refractivity contribution in [1.82, 2.24) is 0 Å². The van der Waals surface area contributed by atoms with Crippen molar-refractivity contribution in [3.05, 3.63) is 0 Å². The molecule has 0 fully saturated rings. The third-order valence-corrected chi connectivity index (χ3v) is 1.18. The van der Waals surface area contributed by atoms with Crippen LogP contribution >= 0.6 is 23.2 Å². The Morgan fingerprint density at radius 2 is 1.89 bits per heavy atom. The molecule has 0 aromatic carbocycles. The Hall–Kier alpha value is -0.0900. The highest BCUT2D eigenvalue weighted by Gasteiger charge is 2.40. The van der Waals surface area contributed by atoms with Crippen LogP contribution in [0.1, 0.15) is 0 Å². The molecule has 0 spiro atoms. The first-order valence-corrected chi connectivity index (χ1v) is 2.76. The Balaban J connectivity index is 4.19. The molecule has 0 aliphatic heterocycles. The van der Waals surface area contributed by atoms with Crippen molar-refractivity contribution in [2.45, 2.75) is 10.8 Å². The molecule has 0 aliphatic rings. The van der Waals surface area contributed by atoms with Gasteiger partial charge >= 0.3 is 5.92 Å². The van der Waals surface area contributed by atoms with Gasteiger partial charge in [-0.15, -0.1) is 0 Å². The molecule has 0 rings (SSSR count). The quantitative estimate of drug-likeness (QED) is 0.373. The van der Waals surface area contributed by atoms with Crippen LogP contribution in [0.2, 0.25) is 0 Å². The van der Waals surface area contributed by atoms with Crippen molar-refractivity contribution in [1.29, 1.82) is 5.41 Å². The Morgan fingerprint density at radius 1 is 1.56 bits per heavy atom. The topological polar surface area (TPSA) is 49.9 Å². The molecule has 0 unspecified atom stereocenters. The number of nitrogens with two attached hydrogens (primary N) is 1. The highest BCUT2D eigenvalue weighted by atomic mass is 35.5. The Morgan fingerprint density at radius 3 is 1.89 bits per heavy atom. The number of rotatable bonds is 2. The van der Waals surface area contributed by atoms with Gasteiger partial charge in [0.05, 0.1) is 0 Å². The van der Waals surface area contributed by atoms with E-state index < -0.39 is 16.6 Å². The summed E-state index contributed by atoms with van der Waals surface area (Å²) in [5, 5.41) is 6.29. The molecule has 0 atom stereocenters. The summed E-state index contributed by atoms with van der Waals surface area (Å²) >= 11 is 9.52. The van der Waals surface area contributed by atoms with Crippen LogP contribution in [-0.2, 0) is 0 Å². The second-order valence-corrected chi connectivity index (χ2v) is 2.43. The highest BCUT2D eigenvalue weighted by molar-refractivity contribution is 6.46. The zero-order chi connectivity index (χ0) is 7.65. The van der Waals surface area contributed by atoms with E-state index in [0.29, 0.717) is 0 Å². The molecule has 0 aliphatic carbocycles. The smallest absolute Gasteiger partial charge is 0.332 e. The lowest BCUT2D eigenvalue weighted by Gasteiger charge is -2.13. The van der Waals surface area contributed by atoms with Gasteiger partial charge in [-0.3, -0.25) is 5.41 Å². The first-order chi connectivity index (χ1) is 3.89. The number of amidine groups is 1. The molecule has 0 saturated heterocycles. The van der Waals surface area contributed by atoms with Gasteiger partial charge < -0.3 is 5.73 Å². The van der Waals surface area contributed by atoms with Crippen LogP contribution in [0.3, 0.4) is 0 Å². The number of nitrogens with one attached hydrogen (secondary N) is 1. The largest absolute Gasteiger partial charge is 0.383 e. The van der Waals surface area contributed by atoms with E-state index in [0.717, 1.165) is 0 Å². The molecule has 0 saturated carbocycles. The zero-order valence-electron chi connectivity index (χ0n) is 4.17. The summed E-state index contributed by atoms with van der Waals surface area (Å²) in [7, 11) is 0. The molecule has 0 amide bonds. The molecular formula is C3H4Cl2F2N2. The van der Waals surface area contributed by atoms with Crippen LogP contribution in [0.25, 0.3) is 0 Å². The number of hydrogen-bond donors (Lipinski definition) is 2. The zero-order valence-corrected chi connectivity index (χ0v) is 5.68. The number of hydrogen-bond acceptors (Lipinski definition) is 1. The monoisotopic (exact) mass is 176 g/mol. The van der Waals surface area contributed by atoms with Gasteiger partial charge in [-0.2, -0.15) is 8.78 Å². The van der Waals surface area contributed by atoms with Crippen LogP contribution < -0.4 is 5.73 Å². The summed E-state index contributed by atoms with van der Waals surface area (Å²) in [5.41, 5.74) is 4.44. The van der Waals surface area contributed by atoms with Crippen molar-refractivity contribution in [3.63, 3.8) is 0 Å². The maximum atomic E-state index is 12.1. The van der Waals surface area contributed by atoms with Gasteiger partial charge in [0, 0.05) is 0 Å². The van der Waals surface area contributed by atoms with E-state index in [-0.39, 0.29) is 0 Å². The van der Waals surface area contributed by atoms with Crippen molar-refractivity contribution in [3.8, 4) is 0 Å². The average Bonchev–Trinajstić information content (AvgIpc) is 1.65. The van der Waals surface area contributed by atoms with Crippen LogP contribution in [0.5, 0.6) is 0 Å². The molecule has 2 nitrogen and oxygen atoms in total. The summed E-state index contributed by atoms with van der Waals surface area (Å²) in [5.74, 6) is -4.93. The van der Waals surface area contributed by atoms with E-state index in [1.165, 1.54) is 0 Å². The van der Waals surface area contributed by atoms with E-state index >= 15 is 0 Å². The summed E-state index contributed by atoms with van der Waals surface area (Å²) < 4.78 is 24.1. The van der Waals surface area contributed by atoms with Crippen molar-refractivity contribution < 1.29 is 8.78 Å². The van der Waals surface area contributed by atoms with Crippen molar-refractivity contribution >= 4 is 29.0 Å². The third kappa shape index (κ3) is 1.95. The van der Waals surface area contributed by atoms with E-state index in [4.69, 9.17) is 28.6 Å². The second kappa shape index (κ2) is 2.66. The molecule has 0 aromatic rings.